The molecule has 1 heterocycles. The van der Waals surface area contributed by atoms with Crippen molar-refractivity contribution >= 4 is 17.7 Å². The van der Waals surface area contributed by atoms with Gasteiger partial charge in [-0.2, -0.15) is 0 Å². The van der Waals surface area contributed by atoms with Crippen molar-refractivity contribution in [3.05, 3.63) is 12.5 Å². The van der Waals surface area contributed by atoms with Crippen LogP contribution in [0.25, 0.3) is 0 Å². The van der Waals surface area contributed by atoms with Crippen molar-refractivity contribution in [2.45, 2.75) is 36.7 Å². The summed E-state index contributed by atoms with van der Waals surface area (Å²) < 4.78 is 5.16. The van der Waals surface area contributed by atoms with E-state index < -0.39 is 5.97 Å². The standard InChI is InChI=1S/C11H15NO3S/c1-7-2-3-8(10(13)14)9(6-7)16-11-12-4-5-15-11/h4-5,7-9H,2-3,6H2,1H3,(H,13,14). The van der Waals surface area contributed by atoms with E-state index in [1.54, 1.807) is 6.20 Å². The van der Waals surface area contributed by atoms with Gasteiger partial charge in [0.05, 0.1) is 12.1 Å². The molecule has 3 atom stereocenters. The highest BCUT2D eigenvalue weighted by Crippen LogP contribution is 2.39. The van der Waals surface area contributed by atoms with Crippen molar-refractivity contribution < 1.29 is 14.3 Å². The first kappa shape index (κ1) is 11.5. The number of hydrogen-bond acceptors (Lipinski definition) is 4. The molecule has 0 spiro atoms. The Labute approximate surface area is 98.4 Å². The molecule has 1 N–H and O–H groups in total. The van der Waals surface area contributed by atoms with Crippen LogP contribution < -0.4 is 0 Å². The Kier molecular flexibility index (Phi) is 3.53. The van der Waals surface area contributed by atoms with Gasteiger partial charge in [-0.3, -0.25) is 4.79 Å². The predicted octanol–water partition coefficient (Wildman–Crippen LogP) is 2.66. The van der Waals surface area contributed by atoms with E-state index in [-0.39, 0.29) is 11.2 Å². The molecule has 1 aliphatic rings. The van der Waals surface area contributed by atoms with Crippen LogP contribution in [0.2, 0.25) is 0 Å². The van der Waals surface area contributed by atoms with Crippen LogP contribution in [-0.2, 0) is 4.79 Å². The van der Waals surface area contributed by atoms with E-state index in [2.05, 4.69) is 11.9 Å². The first-order valence-electron chi connectivity index (χ1n) is 5.45. The molecule has 0 amide bonds. The third-order valence-corrected chi connectivity index (χ3v) is 4.26. The van der Waals surface area contributed by atoms with E-state index in [0.717, 1.165) is 19.3 Å². The molecule has 88 valence electrons. The number of aromatic nitrogens is 1. The molecule has 0 aromatic carbocycles. The largest absolute Gasteiger partial charge is 0.481 e. The van der Waals surface area contributed by atoms with E-state index in [1.165, 1.54) is 18.0 Å². The average molecular weight is 241 g/mol. The van der Waals surface area contributed by atoms with E-state index in [4.69, 9.17) is 9.52 Å². The van der Waals surface area contributed by atoms with Gasteiger partial charge in [0.2, 0.25) is 0 Å². The number of carboxylic acid groups (broad SMARTS) is 1. The zero-order valence-corrected chi connectivity index (χ0v) is 9.94. The number of carboxylic acids is 1. The number of nitrogens with zero attached hydrogens (tertiary/aromatic N) is 1. The highest BCUT2D eigenvalue weighted by atomic mass is 32.2. The summed E-state index contributed by atoms with van der Waals surface area (Å²) in [6.45, 7) is 2.17. The molecule has 1 aromatic rings. The van der Waals surface area contributed by atoms with E-state index in [9.17, 15) is 4.79 Å². The Balaban J connectivity index is 2.05. The van der Waals surface area contributed by atoms with Gasteiger partial charge < -0.3 is 9.52 Å². The van der Waals surface area contributed by atoms with Crippen molar-refractivity contribution in [1.82, 2.24) is 4.98 Å². The van der Waals surface area contributed by atoms with Gasteiger partial charge in [-0.25, -0.2) is 4.98 Å². The molecular formula is C11H15NO3S. The summed E-state index contributed by atoms with van der Waals surface area (Å²) in [6.07, 6.45) is 5.78. The lowest BCUT2D eigenvalue weighted by Gasteiger charge is -2.30. The minimum atomic E-state index is -0.698. The summed E-state index contributed by atoms with van der Waals surface area (Å²) in [5.74, 6) is -0.382. The van der Waals surface area contributed by atoms with Crippen molar-refractivity contribution in [2.75, 3.05) is 0 Å². The molecule has 3 unspecified atom stereocenters. The lowest BCUT2D eigenvalue weighted by atomic mass is 9.82. The maximum absolute atomic E-state index is 11.1. The second kappa shape index (κ2) is 4.91. The average Bonchev–Trinajstić information content (AvgIpc) is 2.70. The fraction of sp³-hybridized carbons (Fsp3) is 0.636. The van der Waals surface area contributed by atoms with Crippen LogP contribution in [0, 0.1) is 11.8 Å². The molecule has 0 saturated heterocycles. The Hall–Kier alpha value is -0.970. The van der Waals surface area contributed by atoms with E-state index >= 15 is 0 Å². The number of rotatable bonds is 3. The zero-order chi connectivity index (χ0) is 11.5. The van der Waals surface area contributed by atoms with Crippen molar-refractivity contribution in [2.24, 2.45) is 11.8 Å². The summed E-state index contributed by atoms with van der Waals surface area (Å²) in [6, 6.07) is 0. The smallest absolute Gasteiger partial charge is 0.307 e. The van der Waals surface area contributed by atoms with Crippen LogP contribution in [-0.4, -0.2) is 21.3 Å². The number of oxazole rings is 1. The molecule has 1 aliphatic carbocycles. The van der Waals surface area contributed by atoms with Gasteiger partial charge in [-0.15, -0.1) is 0 Å². The van der Waals surface area contributed by atoms with Crippen LogP contribution >= 0.6 is 11.8 Å². The van der Waals surface area contributed by atoms with Gasteiger partial charge in [0.15, 0.2) is 0 Å². The molecule has 1 saturated carbocycles. The quantitative estimate of drug-likeness (QED) is 0.881. The van der Waals surface area contributed by atoms with Crippen LogP contribution in [0.3, 0.4) is 0 Å². The Morgan fingerprint density at radius 1 is 1.62 bits per heavy atom. The summed E-state index contributed by atoms with van der Waals surface area (Å²) >= 11 is 1.45. The summed E-state index contributed by atoms with van der Waals surface area (Å²) in [7, 11) is 0. The van der Waals surface area contributed by atoms with Gasteiger partial charge in [0, 0.05) is 5.25 Å². The number of hydrogen-bond donors (Lipinski definition) is 1. The lowest BCUT2D eigenvalue weighted by Crippen LogP contribution is -2.32. The topological polar surface area (TPSA) is 63.3 Å². The van der Waals surface area contributed by atoms with Crippen LogP contribution in [0.5, 0.6) is 0 Å². The molecule has 0 radical (unpaired) electrons. The van der Waals surface area contributed by atoms with Gasteiger partial charge in [0.1, 0.15) is 6.26 Å². The molecule has 4 nitrogen and oxygen atoms in total. The minimum absolute atomic E-state index is 0.0832. The Morgan fingerprint density at radius 3 is 3.06 bits per heavy atom. The molecule has 1 aromatic heterocycles. The second-order valence-corrected chi connectivity index (χ2v) is 5.51. The highest BCUT2D eigenvalue weighted by Gasteiger charge is 2.35. The third-order valence-electron chi connectivity index (χ3n) is 3.03. The first-order chi connectivity index (χ1) is 7.66. The van der Waals surface area contributed by atoms with E-state index in [0.29, 0.717) is 11.1 Å². The Morgan fingerprint density at radius 2 is 2.44 bits per heavy atom. The maximum Gasteiger partial charge on any atom is 0.307 e. The third kappa shape index (κ3) is 2.58. The minimum Gasteiger partial charge on any atom is -0.481 e. The predicted molar refractivity (Wildman–Crippen MR) is 60.3 cm³/mol. The van der Waals surface area contributed by atoms with Crippen molar-refractivity contribution in [3.63, 3.8) is 0 Å². The van der Waals surface area contributed by atoms with Gasteiger partial charge in [0.25, 0.3) is 5.22 Å². The Bertz CT molecular complexity index is 352. The van der Waals surface area contributed by atoms with Gasteiger partial charge in [-0.05, 0) is 25.2 Å². The fourth-order valence-corrected chi connectivity index (χ4v) is 3.47. The SMILES string of the molecule is CC1CCC(C(=O)O)C(Sc2ncco2)C1. The molecule has 16 heavy (non-hydrogen) atoms. The second-order valence-electron chi connectivity index (χ2n) is 4.32. The van der Waals surface area contributed by atoms with Crippen LogP contribution in [0.15, 0.2) is 22.1 Å². The zero-order valence-electron chi connectivity index (χ0n) is 9.13. The number of thioether (sulfide) groups is 1. The highest BCUT2D eigenvalue weighted by molar-refractivity contribution is 7.99. The molecule has 2 rings (SSSR count). The lowest BCUT2D eigenvalue weighted by molar-refractivity contribution is -0.142. The summed E-state index contributed by atoms with van der Waals surface area (Å²) in [5, 5.41) is 9.82. The number of aliphatic carboxylic acids is 1. The molecule has 0 bridgehead atoms. The summed E-state index contributed by atoms with van der Waals surface area (Å²) in [4.78, 5) is 15.2. The van der Waals surface area contributed by atoms with Crippen molar-refractivity contribution in [3.8, 4) is 0 Å². The van der Waals surface area contributed by atoms with E-state index in [1.807, 2.05) is 0 Å². The van der Waals surface area contributed by atoms with Gasteiger partial charge in [-0.1, -0.05) is 18.7 Å². The van der Waals surface area contributed by atoms with Crippen LogP contribution in [0.1, 0.15) is 26.2 Å². The fourth-order valence-electron chi connectivity index (χ4n) is 2.14. The monoisotopic (exact) mass is 241 g/mol. The van der Waals surface area contributed by atoms with Gasteiger partial charge >= 0.3 is 5.97 Å². The normalized spacial score (nSPS) is 30.2. The molecule has 0 aliphatic heterocycles. The first-order valence-corrected chi connectivity index (χ1v) is 6.33. The molecular weight excluding hydrogens is 226 g/mol. The number of carbonyl (C=O) groups is 1. The summed E-state index contributed by atoms with van der Waals surface area (Å²) in [5.41, 5.74) is 0. The molecule has 1 fully saturated rings. The maximum atomic E-state index is 11.1. The van der Waals surface area contributed by atoms with Crippen molar-refractivity contribution in [1.29, 1.82) is 0 Å². The van der Waals surface area contributed by atoms with Crippen LogP contribution in [0.4, 0.5) is 0 Å². The molecule has 5 heteroatoms.